The molecule has 0 radical (unpaired) electrons. The molecule has 0 amide bonds. The highest BCUT2D eigenvalue weighted by atomic mass is 15.3. The smallest absolute Gasteiger partial charge is 0.115 e. The van der Waals surface area contributed by atoms with Gasteiger partial charge in [0, 0.05) is 18.0 Å². The Bertz CT molecular complexity index is 356. The molecular formula is C7H8N6. The lowest BCUT2D eigenvalue weighted by Gasteiger charge is -2.05. The summed E-state index contributed by atoms with van der Waals surface area (Å²) in [6, 6.07) is -0.319. The van der Waals surface area contributed by atoms with Crippen molar-refractivity contribution in [2.24, 2.45) is 5.73 Å². The molecule has 0 aliphatic carbocycles. The Balaban J connectivity index is 2.29. The van der Waals surface area contributed by atoms with Crippen molar-refractivity contribution in [1.29, 1.82) is 0 Å². The normalized spacial score (nSPS) is 12.7. The number of nitrogens with zero attached hydrogens (tertiary/aromatic N) is 4. The largest absolute Gasteiger partial charge is 0.319 e. The van der Waals surface area contributed by atoms with E-state index >= 15 is 0 Å². The van der Waals surface area contributed by atoms with Crippen LogP contribution in [0.4, 0.5) is 0 Å². The standard InChI is InChI=1S/C7H8N6/c8-7(6-3-11-13-12-6)5-1-9-4-10-2-5/h1-4,7H,8H2,(H,11,12,13). The van der Waals surface area contributed by atoms with Crippen LogP contribution < -0.4 is 5.73 Å². The molecule has 1 unspecified atom stereocenters. The Morgan fingerprint density at radius 1 is 1.23 bits per heavy atom. The van der Waals surface area contributed by atoms with E-state index in [1.807, 2.05) is 0 Å². The SMILES string of the molecule is NC(c1cncnc1)c1cn[nH]n1. The van der Waals surface area contributed by atoms with E-state index in [1.165, 1.54) is 6.33 Å². The molecule has 0 fully saturated rings. The van der Waals surface area contributed by atoms with E-state index < -0.39 is 0 Å². The van der Waals surface area contributed by atoms with Crippen LogP contribution in [0.5, 0.6) is 0 Å². The summed E-state index contributed by atoms with van der Waals surface area (Å²) >= 11 is 0. The molecule has 0 saturated heterocycles. The summed E-state index contributed by atoms with van der Waals surface area (Å²) in [7, 11) is 0. The Labute approximate surface area is 74.2 Å². The molecule has 6 heteroatoms. The minimum atomic E-state index is -0.319. The molecule has 2 aromatic heterocycles. The Hall–Kier alpha value is -1.82. The van der Waals surface area contributed by atoms with Gasteiger partial charge in [-0.05, 0) is 0 Å². The van der Waals surface area contributed by atoms with Gasteiger partial charge in [0.15, 0.2) is 0 Å². The molecular weight excluding hydrogens is 168 g/mol. The van der Waals surface area contributed by atoms with Crippen molar-refractivity contribution < 1.29 is 0 Å². The first-order chi connectivity index (χ1) is 6.38. The van der Waals surface area contributed by atoms with Gasteiger partial charge in [-0.1, -0.05) is 0 Å². The number of rotatable bonds is 2. The lowest BCUT2D eigenvalue weighted by atomic mass is 10.1. The fraction of sp³-hybridized carbons (Fsp3) is 0.143. The van der Waals surface area contributed by atoms with Crippen molar-refractivity contribution in [3.63, 3.8) is 0 Å². The number of aromatic nitrogens is 5. The van der Waals surface area contributed by atoms with Gasteiger partial charge in [0.25, 0.3) is 0 Å². The zero-order valence-corrected chi connectivity index (χ0v) is 6.75. The van der Waals surface area contributed by atoms with Gasteiger partial charge in [-0.3, -0.25) is 0 Å². The van der Waals surface area contributed by atoms with Gasteiger partial charge in [0.2, 0.25) is 0 Å². The van der Waals surface area contributed by atoms with Gasteiger partial charge < -0.3 is 5.73 Å². The van der Waals surface area contributed by atoms with Crippen LogP contribution in [0.3, 0.4) is 0 Å². The van der Waals surface area contributed by atoms with Gasteiger partial charge in [0.1, 0.15) is 12.0 Å². The first kappa shape index (κ1) is 7.81. The molecule has 2 heterocycles. The lowest BCUT2D eigenvalue weighted by Crippen LogP contribution is -2.12. The third kappa shape index (κ3) is 1.52. The fourth-order valence-electron chi connectivity index (χ4n) is 1.00. The van der Waals surface area contributed by atoms with E-state index in [0.717, 1.165) is 5.56 Å². The van der Waals surface area contributed by atoms with Crippen molar-refractivity contribution in [3.8, 4) is 0 Å². The number of H-pyrrole nitrogens is 1. The van der Waals surface area contributed by atoms with E-state index in [4.69, 9.17) is 5.73 Å². The molecule has 0 aliphatic heterocycles. The van der Waals surface area contributed by atoms with Crippen LogP contribution in [0, 0.1) is 0 Å². The van der Waals surface area contributed by atoms with Gasteiger partial charge in [0.05, 0.1) is 12.2 Å². The number of aromatic amines is 1. The van der Waals surface area contributed by atoms with Gasteiger partial charge >= 0.3 is 0 Å². The van der Waals surface area contributed by atoms with Crippen LogP contribution in [0.25, 0.3) is 0 Å². The van der Waals surface area contributed by atoms with Crippen molar-refractivity contribution in [3.05, 3.63) is 36.2 Å². The van der Waals surface area contributed by atoms with Crippen LogP contribution in [0.15, 0.2) is 24.9 Å². The predicted molar refractivity (Wildman–Crippen MR) is 44.4 cm³/mol. The average Bonchev–Trinajstić information content (AvgIpc) is 2.71. The number of hydrogen-bond donors (Lipinski definition) is 2. The molecule has 2 rings (SSSR count). The molecule has 1 atom stereocenters. The molecule has 13 heavy (non-hydrogen) atoms. The molecule has 2 aromatic rings. The maximum absolute atomic E-state index is 5.86. The topological polar surface area (TPSA) is 93.4 Å². The average molecular weight is 176 g/mol. The highest BCUT2D eigenvalue weighted by Crippen LogP contribution is 2.13. The van der Waals surface area contributed by atoms with Crippen LogP contribution >= 0.6 is 0 Å². The second kappa shape index (κ2) is 3.28. The molecule has 0 spiro atoms. The van der Waals surface area contributed by atoms with Crippen LogP contribution in [0.1, 0.15) is 17.3 Å². The third-order valence-electron chi connectivity index (χ3n) is 1.69. The number of hydrogen-bond acceptors (Lipinski definition) is 5. The summed E-state index contributed by atoms with van der Waals surface area (Å²) in [5.74, 6) is 0. The fourth-order valence-corrected chi connectivity index (χ4v) is 1.00. The monoisotopic (exact) mass is 176 g/mol. The minimum Gasteiger partial charge on any atom is -0.319 e. The third-order valence-corrected chi connectivity index (χ3v) is 1.69. The maximum atomic E-state index is 5.86. The van der Waals surface area contributed by atoms with E-state index in [1.54, 1.807) is 18.6 Å². The molecule has 66 valence electrons. The van der Waals surface area contributed by atoms with Crippen LogP contribution in [-0.2, 0) is 0 Å². The highest BCUT2D eigenvalue weighted by Gasteiger charge is 2.11. The summed E-state index contributed by atoms with van der Waals surface area (Å²) in [6.07, 6.45) is 6.36. The van der Waals surface area contributed by atoms with Crippen LogP contribution in [0.2, 0.25) is 0 Å². The first-order valence-electron chi connectivity index (χ1n) is 3.74. The second-order valence-corrected chi connectivity index (χ2v) is 2.54. The lowest BCUT2D eigenvalue weighted by molar-refractivity contribution is 0.798. The zero-order chi connectivity index (χ0) is 9.10. The van der Waals surface area contributed by atoms with Crippen LogP contribution in [-0.4, -0.2) is 25.4 Å². The summed E-state index contributed by atoms with van der Waals surface area (Å²) in [6.45, 7) is 0. The number of nitrogens with one attached hydrogen (secondary N) is 1. The quantitative estimate of drug-likeness (QED) is 0.651. The molecule has 3 N–H and O–H groups in total. The van der Waals surface area contributed by atoms with Crippen molar-refractivity contribution in [2.45, 2.75) is 6.04 Å². The van der Waals surface area contributed by atoms with E-state index in [0.29, 0.717) is 5.69 Å². The Morgan fingerprint density at radius 2 is 2.00 bits per heavy atom. The first-order valence-corrected chi connectivity index (χ1v) is 3.74. The van der Waals surface area contributed by atoms with Crippen molar-refractivity contribution in [2.75, 3.05) is 0 Å². The summed E-state index contributed by atoms with van der Waals surface area (Å²) < 4.78 is 0. The molecule has 6 nitrogen and oxygen atoms in total. The summed E-state index contributed by atoms with van der Waals surface area (Å²) in [5, 5.41) is 10.0. The van der Waals surface area contributed by atoms with Gasteiger partial charge in [-0.25, -0.2) is 9.97 Å². The minimum absolute atomic E-state index is 0.319. The van der Waals surface area contributed by atoms with Crippen molar-refractivity contribution >= 4 is 0 Å². The van der Waals surface area contributed by atoms with Crippen molar-refractivity contribution in [1.82, 2.24) is 25.4 Å². The molecule has 0 saturated carbocycles. The summed E-state index contributed by atoms with van der Waals surface area (Å²) in [5.41, 5.74) is 7.35. The van der Waals surface area contributed by atoms with E-state index in [9.17, 15) is 0 Å². The van der Waals surface area contributed by atoms with E-state index in [-0.39, 0.29) is 6.04 Å². The molecule has 0 bridgehead atoms. The van der Waals surface area contributed by atoms with Gasteiger partial charge in [-0.15, -0.1) is 0 Å². The number of nitrogens with two attached hydrogens (primary N) is 1. The zero-order valence-electron chi connectivity index (χ0n) is 6.75. The molecule has 0 aromatic carbocycles. The second-order valence-electron chi connectivity index (χ2n) is 2.54. The highest BCUT2D eigenvalue weighted by molar-refractivity contribution is 5.19. The Morgan fingerprint density at radius 3 is 2.62 bits per heavy atom. The maximum Gasteiger partial charge on any atom is 0.115 e. The predicted octanol–water partition coefficient (Wildman–Crippen LogP) is -0.357. The van der Waals surface area contributed by atoms with Gasteiger partial charge in [-0.2, -0.15) is 15.4 Å². The molecule has 0 aliphatic rings. The summed E-state index contributed by atoms with van der Waals surface area (Å²) in [4.78, 5) is 7.73. The Kier molecular flexibility index (Phi) is 1.97. The van der Waals surface area contributed by atoms with E-state index in [2.05, 4.69) is 25.4 Å².